The molecular formula is C17H19N3O2. The lowest BCUT2D eigenvalue weighted by Gasteiger charge is -2.38. The first-order valence-corrected chi connectivity index (χ1v) is 7.36. The number of amides is 1. The molecule has 1 N–H and O–H groups in total. The molecule has 3 rings (SSSR count). The maximum atomic E-state index is 12.8. The molecule has 2 aromatic rings. The third-order valence-corrected chi connectivity index (χ3v) is 3.77. The smallest absolute Gasteiger partial charge is 0.257 e. The van der Waals surface area contributed by atoms with E-state index in [9.17, 15) is 4.79 Å². The van der Waals surface area contributed by atoms with Crippen molar-refractivity contribution in [1.82, 2.24) is 9.88 Å². The molecule has 0 spiro atoms. The Balaban J connectivity index is 1.93. The summed E-state index contributed by atoms with van der Waals surface area (Å²) in [4.78, 5) is 18.8. The van der Waals surface area contributed by atoms with Gasteiger partial charge in [0, 0.05) is 43.9 Å². The lowest BCUT2D eigenvalue weighted by Crippen LogP contribution is -2.43. The number of methoxy groups -OCH3 is 1. The van der Waals surface area contributed by atoms with Crippen molar-refractivity contribution in [2.45, 2.75) is 12.6 Å². The summed E-state index contributed by atoms with van der Waals surface area (Å²) in [5, 5.41) is 3.44. The molecule has 5 heteroatoms. The normalized spacial score (nSPS) is 17.0. The molecule has 1 amide bonds. The summed E-state index contributed by atoms with van der Waals surface area (Å²) in [6, 6.07) is 11.5. The molecule has 22 heavy (non-hydrogen) atoms. The summed E-state index contributed by atoms with van der Waals surface area (Å²) in [6.45, 7) is 1.26. The highest BCUT2D eigenvalue weighted by molar-refractivity contribution is 6.01. The molecule has 0 aliphatic carbocycles. The second kappa shape index (κ2) is 6.58. The van der Waals surface area contributed by atoms with Crippen LogP contribution in [0.1, 0.15) is 28.5 Å². The summed E-state index contributed by atoms with van der Waals surface area (Å²) in [5.74, 6) is 0.0410. The number of carbonyl (C=O) groups is 1. The van der Waals surface area contributed by atoms with Gasteiger partial charge < -0.3 is 15.0 Å². The van der Waals surface area contributed by atoms with Crippen LogP contribution in [0.2, 0.25) is 0 Å². The van der Waals surface area contributed by atoms with Crippen molar-refractivity contribution in [3.05, 3.63) is 59.9 Å². The predicted molar refractivity (Wildman–Crippen MR) is 84.6 cm³/mol. The number of hydrogen-bond donors (Lipinski definition) is 1. The van der Waals surface area contributed by atoms with E-state index < -0.39 is 0 Å². The van der Waals surface area contributed by atoms with E-state index in [2.05, 4.69) is 10.3 Å². The molecule has 1 aliphatic rings. The molecule has 1 aliphatic heterocycles. The molecule has 0 fully saturated rings. The highest BCUT2D eigenvalue weighted by Crippen LogP contribution is 2.32. The first-order chi connectivity index (χ1) is 10.8. The van der Waals surface area contributed by atoms with Crippen molar-refractivity contribution in [1.29, 1.82) is 0 Å². The second-order valence-electron chi connectivity index (χ2n) is 5.22. The average Bonchev–Trinajstić information content (AvgIpc) is 2.57. The van der Waals surface area contributed by atoms with E-state index in [1.165, 1.54) is 0 Å². The fourth-order valence-electron chi connectivity index (χ4n) is 2.70. The maximum absolute atomic E-state index is 12.8. The molecule has 0 unspecified atom stereocenters. The van der Waals surface area contributed by atoms with Crippen molar-refractivity contribution in [3.8, 4) is 0 Å². The summed E-state index contributed by atoms with van der Waals surface area (Å²) in [6.07, 6.45) is 4.12. The van der Waals surface area contributed by atoms with Crippen LogP contribution in [0.25, 0.3) is 0 Å². The van der Waals surface area contributed by atoms with E-state index >= 15 is 0 Å². The van der Waals surface area contributed by atoms with Crippen LogP contribution >= 0.6 is 0 Å². The molecular weight excluding hydrogens is 278 g/mol. The van der Waals surface area contributed by atoms with E-state index in [4.69, 9.17) is 4.74 Å². The standard InChI is InChI=1S/C17H19N3O2/c1-22-11-5-10-20-16(13-6-4-9-18-12-13)19-15-8-3-2-7-14(15)17(20)21/h2-4,6-9,12,16,19H,5,10-11H2,1H3/t16-/m1/s1. The van der Waals surface area contributed by atoms with E-state index in [1.807, 2.05) is 41.3 Å². The first kappa shape index (κ1) is 14.5. The number of pyridine rings is 1. The summed E-state index contributed by atoms with van der Waals surface area (Å²) < 4.78 is 5.11. The van der Waals surface area contributed by atoms with Crippen LogP contribution in [0.4, 0.5) is 5.69 Å². The van der Waals surface area contributed by atoms with Crippen LogP contribution in [-0.4, -0.2) is 36.1 Å². The van der Waals surface area contributed by atoms with E-state index in [0.29, 0.717) is 18.7 Å². The van der Waals surface area contributed by atoms with Crippen molar-refractivity contribution in [2.24, 2.45) is 0 Å². The Labute approximate surface area is 129 Å². The van der Waals surface area contributed by atoms with Crippen molar-refractivity contribution in [2.75, 3.05) is 25.6 Å². The third-order valence-electron chi connectivity index (χ3n) is 3.77. The van der Waals surface area contributed by atoms with Gasteiger partial charge in [0.05, 0.1) is 5.56 Å². The number of para-hydroxylation sites is 1. The minimum Gasteiger partial charge on any atom is -0.385 e. The van der Waals surface area contributed by atoms with Crippen LogP contribution in [0.15, 0.2) is 48.8 Å². The number of nitrogens with one attached hydrogen (secondary N) is 1. The van der Waals surface area contributed by atoms with Gasteiger partial charge in [0.2, 0.25) is 0 Å². The summed E-state index contributed by atoms with van der Waals surface area (Å²) in [5.41, 5.74) is 2.55. The third kappa shape index (κ3) is 2.80. The zero-order valence-electron chi connectivity index (χ0n) is 12.5. The summed E-state index contributed by atoms with van der Waals surface area (Å²) >= 11 is 0. The molecule has 0 bridgehead atoms. The zero-order chi connectivity index (χ0) is 15.4. The maximum Gasteiger partial charge on any atom is 0.257 e. The first-order valence-electron chi connectivity index (χ1n) is 7.36. The summed E-state index contributed by atoms with van der Waals surface area (Å²) in [7, 11) is 1.67. The van der Waals surface area contributed by atoms with Gasteiger partial charge in [-0.2, -0.15) is 0 Å². The van der Waals surface area contributed by atoms with Crippen LogP contribution in [0, 0.1) is 0 Å². The lowest BCUT2D eigenvalue weighted by atomic mass is 10.0. The van der Waals surface area contributed by atoms with Crippen LogP contribution < -0.4 is 5.32 Å². The van der Waals surface area contributed by atoms with Gasteiger partial charge in [-0.25, -0.2) is 0 Å². The molecule has 1 aromatic carbocycles. The number of benzene rings is 1. The Bertz CT molecular complexity index is 645. The van der Waals surface area contributed by atoms with Crippen LogP contribution in [-0.2, 0) is 4.74 Å². The van der Waals surface area contributed by atoms with Gasteiger partial charge in [-0.1, -0.05) is 18.2 Å². The molecule has 0 saturated carbocycles. The van der Waals surface area contributed by atoms with Gasteiger partial charge in [0.25, 0.3) is 5.91 Å². The van der Waals surface area contributed by atoms with Gasteiger partial charge >= 0.3 is 0 Å². The van der Waals surface area contributed by atoms with Crippen molar-refractivity contribution in [3.63, 3.8) is 0 Å². The topological polar surface area (TPSA) is 54.5 Å². The van der Waals surface area contributed by atoms with E-state index in [-0.39, 0.29) is 12.1 Å². The van der Waals surface area contributed by atoms with E-state index in [0.717, 1.165) is 17.7 Å². The Morgan fingerprint density at radius 1 is 1.27 bits per heavy atom. The van der Waals surface area contributed by atoms with Crippen molar-refractivity contribution >= 4 is 11.6 Å². The number of hydrogen-bond acceptors (Lipinski definition) is 4. The highest BCUT2D eigenvalue weighted by atomic mass is 16.5. The molecule has 0 radical (unpaired) electrons. The number of rotatable bonds is 5. The molecule has 2 heterocycles. The number of carbonyl (C=O) groups excluding carboxylic acids is 1. The average molecular weight is 297 g/mol. The van der Waals surface area contributed by atoms with Gasteiger partial charge in [-0.15, -0.1) is 0 Å². The monoisotopic (exact) mass is 297 g/mol. The molecule has 114 valence electrons. The van der Waals surface area contributed by atoms with Gasteiger partial charge in [-0.05, 0) is 24.6 Å². The van der Waals surface area contributed by atoms with Crippen LogP contribution in [0.5, 0.6) is 0 Å². The second-order valence-corrected chi connectivity index (χ2v) is 5.22. The largest absolute Gasteiger partial charge is 0.385 e. The number of aromatic nitrogens is 1. The Kier molecular flexibility index (Phi) is 4.34. The Morgan fingerprint density at radius 3 is 2.91 bits per heavy atom. The molecule has 1 aromatic heterocycles. The SMILES string of the molecule is COCCCN1C(=O)c2ccccc2N[C@H]1c1cccnc1. The molecule has 0 saturated heterocycles. The predicted octanol–water partition coefficient (Wildman–Crippen LogP) is 2.68. The fraction of sp³-hybridized carbons (Fsp3) is 0.294. The number of fused-ring (bicyclic) bond motifs is 1. The number of anilines is 1. The minimum atomic E-state index is -0.201. The Hall–Kier alpha value is -2.40. The minimum absolute atomic E-state index is 0.0410. The van der Waals surface area contributed by atoms with Gasteiger partial charge in [0.1, 0.15) is 6.17 Å². The lowest BCUT2D eigenvalue weighted by molar-refractivity contribution is 0.0660. The highest BCUT2D eigenvalue weighted by Gasteiger charge is 2.32. The Morgan fingerprint density at radius 2 is 2.14 bits per heavy atom. The van der Waals surface area contributed by atoms with Crippen LogP contribution in [0.3, 0.4) is 0 Å². The van der Waals surface area contributed by atoms with Gasteiger partial charge in [-0.3, -0.25) is 9.78 Å². The number of ether oxygens (including phenoxy) is 1. The number of nitrogens with zero attached hydrogens (tertiary/aromatic N) is 2. The van der Waals surface area contributed by atoms with Gasteiger partial charge in [0.15, 0.2) is 0 Å². The quantitative estimate of drug-likeness (QED) is 0.862. The fourth-order valence-corrected chi connectivity index (χ4v) is 2.70. The molecule has 1 atom stereocenters. The van der Waals surface area contributed by atoms with E-state index in [1.54, 1.807) is 19.5 Å². The zero-order valence-corrected chi connectivity index (χ0v) is 12.5. The molecule has 5 nitrogen and oxygen atoms in total. The van der Waals surface area contributed by atoms with Crippen molar-refractivity contribution < 1.29 is 9.53 Å².